The maximum Gasteiger partial charge on any atom is 0.255 e. The van der Waals surface area contributed by atoms with Crippen LogP contribution in [0.1, 0.15) is 48.0 Å². The van der Waals surface area contributed by atoms with Crippen LogP contribution in [0.25, 0.3) is 0 Å². The van der Waals surface area contributed by atoms with Crippen molar-refractivity contribution in [1.29, 1.82) is 0 Å². The van der Waals surface area contributed by atoms with Crippen molar-refractivity contribution >= 4 is 23.6 Å². The fourth-order valence-electron chi connectivity index (χ4n) is 5.28. The number of hydrogen-bond donors (Lipinski definition) is 2. The number of fused-ring (bicyclic) bond motifs is 1. The van der Waals surface area contributed by atoms with Gasteiger partial charge in [0.2, 0.25) is 17.7 Å². The Labute approximate surface area is 271 Å². The van der Waals surface area contributed by atoms with Gasteiger partial charge in [0.25, 0.3) is 5.91 Å². The van der Waals surface area contributed by atoms with Gasteiger partial charge in [0.05, 0.1) is 25.1 Å². The van der Waals surface area contributed by atoms with E-state index in [0.29, 0.717) is 31.1 Å². The molecule has 0 radical (unpaired) electrons. The molecule has 244 valence electrons. The maximum atomic E-state index is 13.8. The highest BCUT2D eigenvalue weighted by Gasteiger charge is 2.33. The normalized spacial score (nSPS) is 18.8. The largest absolute Gasteiger partial charge is 0.493 e. The van der Waals surface area contributed by atoms with Crippen LogP contribution in [-0.2, 0) is 20.8 Å². The van der Waals surface area contributed by atoms with Crippen LogP contribution in [0.3, 0.4) is 0 Å². The molecule has 0 unspecified atom stereocenters. The zero-order chi connectivity index (χ0) is 32.7. The molecular formula is C36H44N4O6. The zero-order valence-corrected chi connectivity index (χ0v) is 26.7. The lowest BCUT2D eigenvalue weighted by Crippen LogP contribution is -2.53. The third-order valence-electron chi connectivity index (χ3n) is 7.98. The van der Waals surface area contributed by atoms with Gasteiger partial charge in [0.1, 0.15) is 30.2 Å². The molecule has 1 aliphatic heterocycles. The SMILES string of the molecule is CN1CCCCCCOc2ccccc2C(=O)N[C@H](C(=O)NCCOc2ccccc2)CC(=O)N(C)[C@@H](Cc2ccccc2)C1=O. The molecule has 10 heteroatoms. The van der Waals surface area contributed by atoms with E-state index in [-0.39, 0.29) is 31.0 Å². The first-order chi connectivity index (χ1) is 22.3. The monoisotopic (exact) mass is 628 g/mol. The lowest BCUT2D eigenvalue weighted by molar-refractivity contribution is -0.144. The molecule has 4 rings (SSSR count). The van der Waals surface area contributed by atoms with Crippen LogP contribution in [0.4, 0.5) is 0 Å². The molecule has 2 atom stereocenters. The molecule has 10 nitrogen and oxygen atoms in total. The summed E-state index contributed by atoms with van der Waals surface area (Å²) in [6, 6.07) is 23.6. The average molecular weight is 629 g/mol. The van der Waals surface area contributed by atoms with Crippen LogP contribution >= 0.6 is 0 Å². The minimum Gasteiger partial charge on any atom is -0.493 e. The van der Waals surface area contributed by atoms with Crippen LogP contribution < -0.4 is 20.1 Å². The van der Waals surface area contributed by atoms with E-state index in [0.717, 1.165) is 31.2 Å². The molecule has 0 fully saturated rings. The Kier molecular flexibility index (Phi) is 13.0. The molecule has 0 saturated carbocycles. The van der Waals surface area contributed by atoms with Gasteiger partial charge in [-0.05, 0) is 42.7 Å². The third-order valence-corrected chi connectivity index (χ3v) is 7.98. The van der Waals surface area contributed by atoms with Crippen molar-refractivity contribution in [2.75, 3.05) is 40.4 Å². The van der Waals surface area contributed by atoms with E-state index in [2.05, 4.69) is 10.6 Å². The summed E-state index contributed by atoms with van der Waals surface area (Å²) in [6.45, 7) is 1.33. The number of amides is 4. The lowest BCUT2D eigenvalue weighted by atomic mass is 10.0. The van der Waals surface area contributed by atoms with E-state index >= 15 is 0 Å². The van der Waals surface area contributed by atoms with Gasteiger partial charge in [0.15, 0.2) is 0 Å². The topological polar surface area (TPSA) is 117 Å². The van der Waals surface area contributed by atoms with Crippen molar-refractivity contribution < 1.29 is 28.7 Å². The number of nitrogens with zero attached hydrogens (tertiary/aromatic N) is 2. The van der Waals surface area contributed by atoms with Crippen LogP contribution in [0, 0.1) is 0 Å². The van der Waals surface area contributed by atoms with Gasteiger partial charge in [-0.15, -0.1) is 0 Å². The summed E-state index contributed by atoms with van der Waals surface area (Å²) >= 11 is 0. The summed E-state index contributed by atoms with van der Waals surface area (Å²) < 4.78 is 11.6. The van der Waals surface area contributed by atoms with Crippen molar-refractivity contribution in [3.63, 3.8) is 0 Å². The van der Waals surface area contributed by atoms with Crippen LogP contribution in [0.15, 0.2) is 84.9 Å². The van der Waals surface area contributed by atoms with Gasteiger partial charge in [-0.1, -0.05) is 73.5 Å². The molecule has 0 aliphatic carbocycles. The Morgan fingerprint density at radius 1 is 0.891 bits per heavy atom. The standard InChI is InChI=1S/C36H44N4O6/c1-39-22-13-3-4-14-23-46-32-20-12-11-19-29(32)34(42)38-30(35(43)37-21-24-45-28-17-9-6-10-18-28)26-33(41)40(2)31(36(39)44)25-27-15-7-5-8-16-27/h5-12,15-20,30-31H,3-4,13-14,21-26H2,1-2H3,(H,37,43)(H,38,42)/t30-,31-/m0/s1. The predicted molar refractivity (Wildman–Crippen MR) is 176 cm³/mol. The zero-order valence-electron chi connectivity index (χ0n) is 26.7. The predicted octanol–water partition coefficient (Wildman–Crippen LogP) is 3.85. The number of carbonyl (C=O) groups excluding carboxylic acids is 4. The molecule has 3 aromatic rings. The molecule has 0 spiro atoms. The first kappa shape index (κ1) is 34.0. The Morgan fingerprint density at radius 3 is 2.33 bits per heavy atom. The number of carbonyl (C=O) groups is 4. The highest BCUT2D eigenvalue weighted by Crippen LogP contribution is 2.20. The van der Waals surface area contributed by atoms with Crippen molar-refractivity contribution in [3.8, 4) is 11.5 Å². The first-order valence-electron chi connectivity index (χ1n) is 15.9. The van der Waals surface area contributed by atoms with Crippen molar-refractivity contribution in [2.45, 2.75) is 50.6 Å². The van der Waals surface area contributed by atoms with E-state index in [4.69, 9.17) is 9.47 Å². The second kappa shape index (κ2) is 17.6. The van der Waals surface area contributed by atoms with Gasteiger partial charge < -0.3 is 29.9 Å². The van der Waals surface area contributed by atoms with Gasteiger partial charge >= 0.3 is 0 Å². The van der Waals surface area contributed by atoms with E-state index in [1.54, 1.807) is 43.3 Å². The average Bonchev–Trinajstić information content (AvgIpc) is 3.08. The van der Waals surface area contributed by atoms with E-state index in [9.17, 15) is 19.2 Å². The minimum atomic E-state index is -1.21. The number of rotatable bonds is 7. The molecule has 3 aromatic carbocycles. The van der Waals surface area contributed by atoms with Crippen LogP contribution in [-0.4, -0.2) is 85.9 Å². The first-order valence-corrected chi connectivity index (χ1v) is 15.9. The minimum absolute atomic E-state index is 0.156. The van der Waals surface area contributed by atoms with Crippen molar-refractivity contribution in [1.82, 2.24) is 20.4 Å². The third kappa shape index (κ3) is 10.1. The molecule has 1 heterocycles. The van der Waals surface area contributed by atoms with Crippen LogP contribution in [0.2, 0.25) is 0 Å². The Morgan fingerprint density at radius 2 is 1.57 bits per heavy atom. The maximum absolute atomic E-state index is 13.8. The highest BCUT2D eigenvalue weighted by atomic mass is 16.5. The fourth-order valence-corrected chi connectivity index (χ4v) is 5.28. The van der Waals surface area contributed by atoms with E-state index < -0.39 is 29.8 Å². The smallest absolute Gasteiger partial charge is 0.255 e. The molecule has 0 bridgehead atoms. The van der Waals surface area contributed by atoms with Gasteiger partial charge in [0, 0.05) is 27.1 Å². The Balaban J connectivity index is 1.56. The molecule has 0 aromatic heterocycles. The summed E-state index contributed by atoms with van der Waals surface area (Å²) in [4.78, 5) is 57.6. The summed E-state index contributed by atoms with van der Waals surface area (Å²) in [6.07, 6.45) is 3.38. The lowest BCUT2D eigenvalue weighted by Gasteiger charge is -2.32. The quantitative estimate of drug-likeness (QED) is 0.384. The molecule has 4 amide bonds. The summed E-state index contributed by atoms with van der Waals surface area (Å²) in [5, 5.41) is 5.54. The van der Waals surface area contributed by atoms with Gasteiger partial charge in [-0.3, -0.25) is 19.2 Å². The molecule has 0 saturated heterocycles. The molecule has 2 N–H and O–H groups in total. The molecule has 46 heavy (non-hydrogen) atoms. The number of para-hydroxylation sites is 2. The summed E-state index contributed by atoms with van der Waals surface area (Å²) in [7, 11) is 3.33. The summed E-state index contributed by atoms with van der Waals surface area (Å²) in [5.41, 5.74) is 1.18. The number of benzene rings is 3. The number of ether oxygens (including phenoxy) is 2. The fraction of sp³-hybridized carbons (Fsp3) is 0.389. The van der Waals surface area contributed by atoms with Crippen LogP contribution in [0.5, 0.6) is 11.5 Å². The van der Waals surface area contributed by atoms with Crippen molar-refractivity contribution in [3.05, 3.63) is 96.1 Å². The van der Waals surface area contributed by atoms with E-state index in [1.807, 2.05) is 60.7 Å². The highest BCUT2D eigenvalue weighted by molar-refractivity contribution is 6.01. The number of nitrogens with one attached hydrogen (secondary N) is 2. The van der Waals surface area contributed by atoms with Gasteiger partial charge in [-0.25, -0.2) is 0 Å². The van der Waals surface area contributed by atoms with E-state index in [1.165, 1.54) is 4.90 Å². The second-order valence-corrected chi connectivity index (χ2v) is 11.4. The van der Waals surface area contributed by atoms with Gasteiger partial charge in [-0.2, -0.15) is 0 Å². The molecule has 1 aliphatic rings. The summed E-state index contributed by atoms with van der Waals surface area (Å²) in [5.74, 6) is -0.635. The molecular weight excluding hydrogens is 584 g/mol. The second-order valence-electron chi connectivity index (χ2n) is 11.4. The Hall–Kier alpha value is -4.86. The number of likely N-dealkylation sites (N-methyl/N-ethyl adjacent to an activating group) is 2. The van der Waals surface area contributed by atoms with Crippen molar-refractivity contribution in [2.24, 2.45) is 0 Å². The Bertz CT molecular complexity index is 1430. The number of hydrogen-bond acceptors (Lipinski definition) is 6.